The summed E-state index contributed by atoms with van der Waals surface area (Å²) in [5.74, 6) is -0.682. The summed E-state index contributed by atoms with van der Waals surface area (Å²) in [5, 5.41) is 7.26. The van der Waals surface area contributed by atoms with Gasteiger partial charge in [-0.1, -0.05) is 18.2 Å². The van der Waals surface area contributed by atoms with Crippen LogP contribution in [0.5, 0.6) is 0 Å². The van der Waals surface area contributed by atoms with Gasteiger partial charge in [-0.25, -0.2) is 4.79 Å². The number of rotatable bonds is 6. The first-order valence-electron chi connectivity index (χ1n) is 9.96. The van der Waals surface area contributed by atoms with Gasteiger partial charge in [0.2, 0.25) is 5.91 Å². The van der Waals surface area contributed by atoms with Crippen LogP contribution in [0, 0.1) is 0 Å². The highest BCUT2D eigenvalue weighted by molar-refractivity contribution is 6.01. The van der Waals surface area contributed by atoms with Crippen LogP contribution in [0.15, 0.2) is 42.5 Å². The number of amides is 1. The van der Waals surface area contributed by atoms with Crippen molar-refractivity contribution in [1.82, 2.24) is 10.3 Å². The van der Waals surface area contributed by atoms with Gasteiger partial charge in [0.1, 0.15) is 0 Å². The average Bonchev–Trinajstić information content (AvgIpc) is 3.11. The van der Waals surface area contributed by atoms with Gasteiger partial charge in [-0.05, 0) is 61.1 Å². The van der Waals surface area contributed by atoms with E-state index in [1.807, 2.05) is 0 Å². The maximum absolute atomic E-state index is 12.3. The quantitative estimate of drug-likeness (QED) is 0.561. The third-order valence-corrected chi connectivity index (χ3v) is 5.38. The fourth-order valence-corrected chi connectivity index (χ4v) is 3.96. The molecule has 6 nitrogen and oxygen atoms in total. The summed E-state index contributed by atoms with van der Waals surface area (Å²) in [6, 6.07) is 13.2. The van der Waals surface area contributed by atoms with Crippen LogP contribution >= 0.6 is 0 Å². The number of benzene rings is 2. The van der Waals surface area contributed by atoms with Gasteiger partial charge in [0, 0.05) is 23.1 Å². The smallest absolute Gasteiger partial charge is 0.339 e. The molecule has 1 heterocycles. The lowest BCUT2D eigenvalue weighted by atomic mass is 9.95. The maximum atomic E-state index is 12.3. The van der Waals surface area contributed by atoms with Crippen molar-refractivity contribution >= 4 is 28.5 Å². The molecule has 4 rings (SSSR count). The Balaban J connectivity index is 1.37. The molecule has 0 radical (unpaired) electrons. The third kappa shape index (κ3) is 4.17. The van der Waals surface area contributed by atoms with Crippen molar-refractivity contribution < 1.29 is 14.3 Å². The molecule has 0 fully saturated rings. The van der Waals surface area contributed by atoms with Gasteiger partial charge in [0.05, 0.1) is 24.9 Å². The molecular weight excluding hydrogens is 366 g/mol. The fraction of sp³-hybridized carbons (Fsp3) is 0.304. The second kappa shape index (κ2) is 8.49. The SMILES string of the molecule is COC(=O)c1ccccc1NC(=O)CNCc1ccc2[nH]c3c(c2c1)CCCC3. The number of H-pyrrole nitrogens is 1. The number of hydrogen-bond donors (Lipinski definition) is 3. The number of esters is 1. The van der Waals surface area contributed by atoms with Gasteiger partial charge in [-0.15, -0.1) is 0 Å². The number of fused-ring (bicyclic) bond motifs is 3. The van der Waals surface area contributed by atoms with Crippen molar-refractivity contribution in [1.29, 1.82) is 0 Å². The molecule has 0 saturated carbocycles. The van der Waals surface area contributed by atoms with Crippen LogP contribution in [0.25, 0.3) is 10.9 Å². The van der Waals surface area contributed by atoms with Gasteiger partial charge in [0.15, 0.2) is 0 Å². The summed E-state index contributed by atoms with van der Waals surface area (Å²) >= 11 is 0. The molecule has 0 aliphatic heterocycles. The first-order chi connectivity index (χ1) is 14.2. The molecule has 29 heavy (non-hydrogen) atoms. The molecule has 0 atom stereocenters. The van der Waals surface area contributed by atoms with E-state index in [1.165, 1.54) is 42.1 Å². The summed E-state index contributed by atoms with van der Waals surface area (Å²) in [6.45, 7) is 0.751. The summed E-state index contributed by atoms with van der Waals surface area (Å²) in [4.78, 5) is 27.6. The zero-order valence-corrected chi connectivity index (χ0v) is 16.5. The molecule has 1 aliphatic carbocycles. The van der Waals surface area contributed by atoms with Gasteiger partial charge < -0.3 is 20.4 Å². The van der Waals surface area contributed by atoms with Crippen molar-refractivity contribution in [3.05, 3.63) is 64.8 Å². The van der Waals surface area contributed by atoms with Crippen molar-refractivity contribution in [3.63, 3.8) is 0 Å². The molecule has 0 unspecified atom stereocenters. The van der Waals surface area contributed by atoms with Crippen molar-refractivity contribution in [3.8, 4) is 0 Å². The predicted octanol–water partition coefficient (Wildman–Crippen LogP) is 3.56. The number of aryl methyl sites for hydroxylation is 2. The lowest BCUT2D eigenvalue weighted by Crippen LogP contribution is -2.28. The van der Waals surface area contributed by atoms with E-state index >= 15 is 0 Å². The minimum absolute atomic E-state index is 0.152. The van der Waals surface area contributed by atoms with Crippen LogP contribution in [0.4, 0.5) is 5.69 Å². The van der Waals surface area contributed by atoms with Crippen LogP contribution in [-0.4, -0.2) is 30.5 Å². The van der Waals surface area contributed by atoms with Gasteiger partial charge >= 0.3 is 5.97 Å². The second-order valence-corrected chi connectivity index (χ2v) is 7.36. The van der Waals surface area contributed by atoms with Crippen molar-refractivity contribution in [2.45, 2.75) is 32.2 Å². The lowest BCUT2D eigenvalue weighted by molar-refractivity contribution is -0.115. The maximum Gasteiger partial charge on any atom is 0.339 e. The predicted molar refractivity (Wildman–Crippen MR) is 113 cm³/mol. The molecule has 0 saturated heterocycles. The molecule has 1 aliphatic rings. The zero-order chi connectivity index (χ0) is 20.2. The summed E-state index contributed by atoms with van der Waals surface area (Å²) in [6.07, 6.45) is 4.76. The largest absolute Gasteiger partial charge is 0.465 e. The van der Waals surface area contributed by atoms with E-state index < -0.39 is 5.97 Å². The monoisotopic (exact) mass is 391 g/mol. The van der Waals surface area contributed by atoms with E-state index in [1.54, 1.807) is 24.3 Å². The van der Waals surface area contributed by atoms with E-state index in [0.29, 0.717) is 17.8 Å². The minimum atomic E-state index is -0.475. The van der Waals surface area contributed by atoms with Crippen LogP contribution in [0.3, 0.4) is 0 Å². The van der Waals surface area contributed by atoms with Crippen LogP contribution < -0.4 is 10.6 Å². The first-order valence-corrected chi connectivity index (χ1v) is 9.96. The number of ether oxygens (including phenoxy) is 1. The number of anilines is 1. The summed E-state index contributed by atoms with van der Waals surface area (Å²) < 4.78 is 4.76. The fourth-order valence-electron chi connectivity index (χ4n) is 3.96. The molecule has 150 valence electrons. The number of para-hydroxylation sites is 1. The Morgan fingerprint density at radius 2 is 1.93 bits per heavy atom. The number of aromatic amines is 1. The van der Waals surface area contributed by atoms with Gasteiger partial charge in [0.25, 0.3) is 0 Å². The molecule has 2 aromatic carbocycles. The number of carbonyl (C=O) groups excluding carboxylic acids is 2. The van der Waals surface area contributed by atoms with Gasteiger partial charge in [-0.3, -0.25) is 4.79 Å². The van der Waals surface area contributed by atoms with E-state index in [2.05, 4.69) is 33.8 Å². The number of nitrogens with one attached hydrogen (secondary N) is 3. The Labute approximate surface area is 169 Å². The molecule has 1 amide bonds. The number of carbonyl (C=O) groups is 2. The molecule has 1 aromatic heterocycles. The first kappa shape index (κ1) is 19.2. The number of aromatic nitrogens is 1. The summed E-state index contributed by atoms with van der Waals surface area (Å²) in [7, 11) is 1.32. The van der Waals surface area contributed by atoms with E-state index in [4.69, 9.17) is 4.74 Å². The molecule has 3 aromatic rings. The molecule has 3 N–H and O–H groups in total. The average molecular weight is 391 g/mol. The standard InChI is InChI=1S/C23H25N3O3/c1-29-23(28)17-7-3-5-9-20(17)26-22(27)14-24-13-15-10-11-21-18(12-15)16-6-2-4-8-19(16)25-21/h3,5,7,9-12,24-25H,2,4,6,8,13-14H2,1H3,(H,26,27). The topological polar surface area (TPSA) is 83.2 Å². The molecule has 0 bridgehead atoms. The highest BCUT2D eigenvalue weighted by Gasteiger charge is 2.16. The van der Waals surface area contributed by atoms with Crippen LogP contribution in [0.1, 0.15) is 40.0 Å². The second-order valence-electron chi connectivity index (χ2n) is 7.36. The Hall–Kier alpha value is -3.12. The lowest BCUT2D eigenvalue weighted by Gasteiger charge is -2.11. The highest BCUT2D eigenvalue weighted by atomic mass is 16.5. The van der Waals surface area contributed by atoms with Crippen LogP contribution in [-0.2, 0) is 28.9 Å². The minimum Gasteiger partial charge on any atom is -0.465 e. The Kier molecular flexibility index (Phi) is 5.62. The Morgan fingerprint density at radius 1 is 1.10 bits per heavy atom. The van der Waals surface area contributed by atoms with Crippen molar-refractivity contribution in [2.24, 2.45) is 0 Å². The zero-order valence-electron chi connectivity index (χ0n) is 16.5. The Bertz CT molecular complexity index is 1050. The number of methoxy groups -OCH3 is 1. The van der Waals surface area contributed by atoms with Crippen LogP contribution in [0.2, 0.25) is 0 Å². The molecule has 0 spiro atoms. The van der Waals surface area contributed by atoms with E-state index in [9.17, 15) is 9.59 Å². The molecular formula is C23H25N3O3. The van der Waals surface area contributed by atoms with Gasteiger partial charge in [-0.2, -0.15) is 0 Å². The Morgan fingerprint density at radius 3 is 2.79 bits per heavy atom. The summed E-state index contributed by atoms with van der Waals surface area (Å²) in [5.41, 5.74) is 5.95. The van der Waals surface area contributed by atoms with E-state index in [0.717, 1.165) is 18.4 Å². The van der Waals surface area contributed by atoms with E-state index in [-0.39, 0.29) is 12.5 Å². The number of hydrogen-bond acceptors (Lipinski definition) is 4. The highest BCUT2D eigenvalue weighted by Crippen LogP contribution is 2.29. The van der Waals surface area contributed by atoms with Crippen molar-refractivity contribution in [2.75, 3.05) is 19.0 Å². The third-order valence-electron chi connectivity index (χ3n) is 5.38. The molecule has 6 heteroatoms. The normalized spacial score (nSPS) is 13.1.